The quantitative estimate of drug-likeness (QED) is 0.0364. The van der Waals surface area contributed by atoms with E-state index < -0.39 is 57.6 Å². The van der Waals surface area contributed by atoms with Crippen LogP contribution in [0.15, 0.2) is 83.3 Å². The molecule has 71 heavy (non-hydrogen) atoms. The summed E-state index contributed by atoms with van der Waals surface area (Å²) in [5, 5.41) is 15.9. The molecule has 0 bridgehead atoms. The van der Waals surface area contributed by atoms with Crippen LogP contribution in [0.5, 0.6) is 0 Å². The zero-order valence-electron chi connectivity index (χ0n) is 43.6. The van der Waals surface area contributed by atoms with E-state index in [-0.39, 0.29) is 68.2 Å². The molecule has 0 radical (unpaired) electrons. The van der Waals surface area contributed by atoms with Gasteiger partial charge in [-0.15, -0.1) is 0 Å². The summed E-state index contributed by atoms with van der Waals surface area (Å²) in [6.45, 7) is 18.4. The first-order valence-electron chi connectivity index (χ1n) is 23.9. The van der Waals surface area contributed by atoms with E-state index in [9.17, 15) is 38.4 Å². The van der Waals surface area contributed by atoms with Crippen molar-refractivity contribution < 1.29 is 43.2 Å². The molecule has 2 aliphatic rings. The number of hydroxylamine groups is 2. The molecule has 4 rings (SSSR count). The van der Waals surface area contributed by atoms with Crippen LogP contribution in [0.2, 0.25) is 0 Å². The Balaban J connectivity index is 1.22. The number of benzene rings is 2. The number of rotatable bonds is 25. The van der Waals surface area contributed by atoms with E-state index in [1.165, 1.54) is 22.1 Å². The minimum Gasteiger partial charge on any atom is -0.345 e. The van der Waals surface area contributed by atoms with Gasteiger partial charge in [-0.1, -0.05) is 111 Å². The molecule has 1 aliphatic heterocycles. The molecular weight excluding hydrogens is 927 g/mol. The molecule has 0 aromatic heterocycles. The third-order valence-corrected chi connectivity index (χ3v) is 13.4. The van der Waals surface area contributed by atoms with Crippen LogP contribution in [0.4, 0.5) is 0 Å². The lowest BCUT2D eigenvalue weighted by Crippen LogP contribution is -2.60. The van der Waals surface area contributed by atoms with E-state index in [1.807, 2.05) is 103 Å². The molecule has 388 valence electrons. The Morgan fingerprint density at radius 1 is 0.831 bits per heavy atom. The van der Waals surface area contributed by atoms with Gasteiger partial charge < -0.3 is 31.5 Å². The molecule has 2 aromatic carbocycles. The standard InChI is InChI=1S/C52H75N9O9S/c1-33(2)42(55-39(63)30-60(13)70-32-50(7,8)31-61-40(64)23-24-41(61)65)46(67)54-29-38(62)57-52(26-27-52)36-19-21-37(22-20-36)71-58-45(66)34(3)25-28-59(12)48(69)44(49(4,5)6)56-47(68)43(53-11)51(9,10)35-17-15-14-16-18-35/h14-25,33,42-44,53H,26-32H2,1-13H3,(H,54,67)(H,55,63)(H,56,68)(H,57,62)(H,58,66)/b34-25+. The third kappa shape index (κ3) is 16.3. The Kier molecular flexibility index (Phi) is 19.9. The Hall–Kier alpha value is -5.89. The summed E-state index contributed by atoms with van der Waals surface area (Å²) in [7, 11) is 4.93. The number of imide groups is 1. The van der Waals surface area contributed by atoms with Gasteiger partial charge in [-0.2, -0.15) is 5.06 Å². The monoisotopic (exact) mass is 1000 g/mol. The molecule has 6 N–H and O–H groups in total. The van der Waals surface area contributed by atoms with Crippen LogP contribution >= 0.6 is 11.9 Å². The lowest BCUT2D eigenvalue weighted by atomic mass is 9.76. The molecule has 3 unspecified atom stereocenters. The van der Waals surface area contributed by atoms with Crippen molar-refractivity contribution in [3.63, 3.8) is 0 Å². The Bertz CT molecular complexity index is 2300. The van der Waals surface area contributed by atoms with Gasteiger partial charge in [0.15, 0.2) is 0 Å². The summed E-state index contributed by atoms with van der Waals surface area (Å²) in [4.78, 5) is 113. The third-order valence-electron chi connectivity index (χ3n) is 12.6. The maximum absolute atomic E-state index is 13.8. The van der Waals surface area contributed by atoms with Crippen molar-refractivity contribution in [3.05, 3.63) is 89.5 Å². The van der Waals surface area contributed by atoms with Gasteiger partial charge in [0.05, 0.1) is 24.7 Å². The molecule has 1 aliphatic carbocycles. The van der Waals surface area contributed by atoms with Crippen LogP contribution in [-0.4, -0.2) is 134 Å². The normalized spacial score (nSPS) is 16.0. The first-order valence-corrected chi connectivity index (χ1v) is 24.7. The number of hydrogen-bond donors (Lipinski definition) is 6. The summed E-state index contributed by atoms with van der Waals surface area (Å²) in [5.41, 5.74) is -0.125. The van der Waals surface area contributed by atoms with Gasteiger partial charge in [0, 0.05) is 60.6 Å². The number of likely N-dealkylation sites (N-methyl/N-ethyl adjacent to an activating group) is 3. The molecule has 3 atom stereocenters. The van der Waals surface area contributed by atoms with E-state index >= 15 is 0 Å². The lowest BCUT2D eigenvalue weighted by Gasteiger charge is -2.38. The highest BCUT2D eigenvalue weighted by molar-refractivity contribution is 7.98. The predicted molar refractivity (Wildman–Crippen MR) is 273 cm³/mol. The van der Waals surface area contributed by atoms with Crippen LogP contribution < -0.4 is 31.3 Å². The molecule has 1 heterocycles. The van der Waals surface area contributed by atoms with Gasteiger partial charge in [-0.3, -0.25) is 52.8 Å². The van der Waals surface area contributed by atoms with Crippen LogP contribution in [0.25, 0.3) is 0 Å². The topological polar surface area (TPSA) is 228 Å². The summed E-state index contributed by atoms with van der Waals surface area (Å²) in [5.74, 6) is -3.37. The molecule has 8 amide bonds. The number of nitrogens with zero attached hydrogens (tertiary/aromatic N) is 3. The van der Waals surface area contributed by atoms with Crippen LogP contribution in [0, 0.1) is 16.7 Å². The molecule has 18 nitrogen and oxygen atoms in total. The summed E-state index contributed by atoms with van der Waals surface area (Å²) < 4.78 is 2.84. The summed E-state index contributed by atoms with van der Waals surface area (Å²) in [6, 6.07) is 14.8. The molecular formula is C52H75N9O9S. The van der Waals surface area contributed by atoms with Gasteiger partial charge in [0.1, 0.15) is 18.6 Å². The van der Waals surface area contributed by atoms with Gasteiger partial charge in [-0.25, -0.2) is 0 Å². The van der Waals surface area contributed by atoms with Crippen LogP contribution in [0.1, 0.15) is 93.2 Å². The fourth-order valence-corrected chi connectivity index (χ4v) is 8.62. The van der Waals surface area contributed by atoms with Gasteiger partial charge in [0.25, 0.3) is 17.7 Å². The number of amides is 8. The lowest BCUT2D eigenvalue weighted by molar-refractivity contribution is -0.173. The predicted octanol–water partition coefficient (Wildman–Crippen LogP) is 3.49. The highest BCUT2D eigenvalue weighted by Gasteiger charge is 2.46. The minimum absolute atomic E-state index is 0.112. The smallest absolute Gasteiger partial charge is 0.256 e. The van der Waals surface area contributed by atoms with Crippen molar-refractivity contribution in [2.75, 3.05) is 53.9 Å². The van der Waals surface area contributed by atoms with Crippen molar-refractivity contribution >= 4 is 59.2 Å². The SMILES string of the molecule is CNC(C(=O)NC(C(=O)N(C)C/C=C(\C)C(=O)NSc1ccc(C2(NC(=O)CNC(=O)C(NC(=O)CN(C)OCC(C)(C)CN3C(=O)C=CC3=O)C(C)C)CC2)cc1)C(C)(C)C)C(C)(C)c1ccccc1. The van der Waals surface area contributed by atoms with E-state index in [2.05, 4.69) is 31.3 Å². The van der Waals surface area contributed by atoms with E-state index in [0.717, 1.165) is 32.9 Å². The van der Waals surface area contributed by atoms with Crippen molar-refractivity contribution in [3.8, 4) is 0 Å². The number of nitrogens with one attached hydrogen (secondary N) is 6. The van der Waals surface area contributed by atoms with Gasteiger partial charge >= 0.3 is 0 Å². The molecule has 19 heteroatoms. The van der Waals surface area contributed by atoms with Crippen molar-refractivity contribution in [2.45, 2.75) is 116 Å². The largest absolute Gasteiger partial charge is 0.345 e. The van der Waals surface area contributed by atoms with Gasteiger partial charge in [-0.05, 0) is 73.4 Å². The molecule has 2 aromatic rings. The summed E-state index contributed by atoms with van der Waals surface area (Å²) in [6.07, 6.45) is 5.51. The first-order chi connectivity index (χ1) is 33.1. The zero-order chi connectivity index (χ0) is 53.1. The van der Waals surface area contributed by atoms with E-state index in [1.54, 1.807) is 48.0 Å². The van der Waals surface area contributed by atoms with E-state index in [0.29, 0.717) is 18.4 Å². The second-order valence-electron chi connectivity index (χ2n) is 21.2. The fourth-order valence-electron chi connectivity index (χ4n) is 7.98. The Morgan fingerprint density at radius 3 is 1.99 bits per heavy atom. The van der Waals surface area contributed by atoms with Crippen molar-refractivity contribution in [1.29, 1.82) is 0 Å². The second kappa shape index (κ2) is 24.5. The second-order valence-corrected chi connectivity index (χ2v) is 22.1. The maximum Gasteiger partial charge on any atom is 0.256 e. The molecule has 1 fully saturated rings. The fraction of sp³-hybridized carbons (Fsp3) is 0.538. The van der Waals surface area contributed by atoms with E-state index in [4.69, 9.17) is 4.84 Å². The van der Waals surface area contributed by atoms with Crippen molar-refractivity contribution in [2.24, 2.45) is 16.7 Å². The Labute approximate surface area is 423 Å². The summed E-state index contributed by atoms with van der Waals surface area (Å²) >= 11 is 1.13. The highest BCUT2D eigenvalue weighted by atomic mass is 32.2. The zero-order valence-corrected chi connectivity index (χ0v) is 44.4. The van der Waals surface area contributed by atoms with Crippen LogP contribution in [-0.2, 0) is 54.1 Å². The average Bonchev–Trinajstić information content (AvgIpc) is 4.03. The molecule has 1 saturated carbocycles. The first kappa shape index (κ1) is 57.7. The van der Waals surface area contributed by atoms with Crippen molar-refractivity contribution in [1.82, 2.24) is 46.2 Å². The molecule has 0 saturated heterocycles. The Morgan fingerprint density at radius 2 is 1.44 bits per heavy atom. The van der Waals surface area contributed by atoms with Gasteiger partial charge in [0.2, 0.25) is 29.5 Å². The van der Waals surface area contributed by atoms with Crippen LogP contribution in [0.3, 0.4) is 0 Å². The number of carbonyl (C=O) groups is 8. The highest BCUT2D eigenvalue weighted by Crippen LogP contribution is 2.45. The minimum atomic E-state index is -0.923. The average molecular weight is 1000 g/mol. The maximum atomic E-state index is 13.8. The number of hydrogen-bond acceptors (Lipinski definition) is 12. The number of carbonyl (C=O) groups excluding carboxylic acids is 8. The molecule has 0 spiro atoms.